The van der Waals surface area contributed by atoms with Gasteiger partial charge in [0.15, 0.2) is 5.82 Å². The van der Waals surface area contributed by atoms with Crippen LogP contribution < -0.4 is 4.90 Å². The molecule has 6 heteroatoms. The molecule has 2 aromatic carbocycles. The van der Waals surface area contributed by atoms with Crippen LogP contribution >= 0.6 is 0 Å². The summed E-state index contributed by atoms with van der Waals surface area (Å²) in [4.78, 5) is 25.0. The Balaban J connectivity index is 2.36. The molecule has 0 aliphatic heterocycles. The molecule has 0 aromatic heterocycles. The number of halogens is 1. The van der Waals surface area contributed by atoms with Crippen LogP contribution in [0.2, 0.25) is 0 Å². The summed E-state index contributed by atoms with van der Waals surface area (Å²) in [6.07, 6.45) is 0. The molecule has 0 heterocycles. The van der Waals surface area contributed by atoms with Gasteiger partial charge in [-0.1, -0.05) is 6.07 Å². The Labute approximate surface area is 132 Å². The highest BCUT2D eigenvalue weighted by atomic mass is 19.1. The first-order valence-electron chi connectivity index (χ1n) is 6.64. The summed E-state index contributed by atoms with van der Waals surface area (Å²) >= 11 is 0. The quantitative estimate of drug-likeness (QED) is 0.817. The van der Waals surface area contributed by atoms with Crippen molar-refractivity contribution in [3.05, 3.63) is 65.0 Å². The third kappa shape index (κ3) is 3.19. The smallest absolute Gasteiger partial charge is 0.340 e. The van der Waals surface area contributed by atoms with Gasteiger partial charge in [-0.25, -0.2) is 9.18 Å². The van der Waals surface area contributed by atoms with E-state index < -0.39 is 17.7 Å². The van der Waals surface area contributed by atoms with Crippen LogP contribution in [0.15, 0.2) is 42.5 Å². The third-order valence-electron chi connectivity index (χ3n) is 3.31. The maximum absolute atomic E-state index is 14.4. The van der Waals surface area contributed by atoms with Gasteiger partial charge in [0.2, 0.25) is 0 Å². The SMILES string of the molecule is COC(=O)c1cccc(N(C)C(=O)c2ccc(C#N)cc2)c1F. The molecule has 0 atom stereocenters. The Kier molecular flexibility index (Phi) is 4.72. The maximum Gasteiger partial charge on any atom is 0.340 e. The zero-order chi connectivity index (χ0) is 17.0. The standard InChI is InChI=1S/C17H13FN2O3/c1-20(16(21)12-8-6-11(10-19)7-9-12)14-5-3-4-13(15(14)18)17(22)23-2/h3-9H,1-2H3. The van der Waals surface area contributed by atoms with E-state index in [2.05, 4.69) is 4.74 Å². The number of anilines is 1. The molecule has 116 valence electrons. The van der Waals surface area contributed by atoms with Crippen molar-refractivity contribution in [1.82, 2.24) is 0 Å². The lowest BCUT2D eigenvalue weighted by Gasteiger charge is -2.19. The molecule has 0 saturated heterocycles. The Bertz CT molecular complexity index is 794. The number of methoxy groups -OCH3 is 1. The average molecular weight is 312 g/mol. The Morgan fingerprint density at radius 3 is 2.39 bits per heavy atom. The van der Waals surface area contributed by atoms with Crippen LogP contribution in [-0.2, 0) is 4.74 Å². The van der Waals surface area contributed by atoms with Crippen LogP contribution in [0.25, 0.3) is 0 Å². The number of hydrogen-bond donors (Lipinski definition) is 0. The molecule has 0 radical (unpaired) electrons. The monoisotopic (exact) mass is 312 g/mol. The lowest BCUT2D eigenvalue weighted by molar-refractivity contribution is 0.0595. The van der Waals surface area contributed by atoms with Gasteiger partial charge in [0.1, 0.15) is 0 Å². The summed E-state index contributed by atoms with van der Waals surface area (Å²) in [5, 5.41) is 8.76. The third-order valence-corrected chi connectivity index (χ3v) is 3.31. The highest BCUT2D eigenvalue weighted by molar-refractivity contribution is 6.06. The summed E-state index contributed by atoms with van der Waals surface area (Å²) in [6.45, 7) is 0. The van der Waals surface area contributed by atoms with E-state index in [1.54, 1.807) is 0 Å². The summed E-state index contributed by atoms with van der Waals surface area (Å²) in [6, 6.07) is 12.1. The normalized spacial score (nSPS) is 9.83. The second-order valence-corrected chi connectivity index (χ2v) is 4.68. The molecule has 0 bridgehead atoms. The predicted molar refractivity (Wildman–Crippen MR) is 81.6 cm³/mol. The van der Waals surface area contributed by atoms with Crippen molar-refractivity contribution in [2.24, 2.45) is 0 Å². The molecule has 0 spiro atoms. The number of carbonyl (C=O) groups is 2. The number of benzene rings is 2. The molecule has 5 nitrogen and oxygen atoms in total. The van der Waals surface area contributed by atoms with Crippen LogP contribution in [0.5, 0.6) is 0 Å². The van der Waals surface area contributed by atoms with Gasteiger partial charge < -0.3 is 9.64 Å². The fraction of sp³-hybridized carbons (Fsp3) is 0.118. The van der Waals surface area contributed by atoms with Crippen molar-refractivity contribution in [2.45, 2.75) is 0 Å². The zero-order valence-electron chi connectivity index (χ0n) is 12.5. The van der Waals surface area contributed by atoms with Crippen molar-refractivity contribution < 1.29 is 18.7 Å². The number of nitrogens with zero attached hydrogens (tertiary/aromatic N) is 2. The number of esters is 1. The van der Waals surface area contributed by atoms with Gasteiger partial charge in [-0.15, -0.1) is 0 Å². The number of amides is 1. The van der Waals surface area contributed by atoms with Crippen LogP contribution in [0, 0.1) is 17.1 Å². The largest absolute Gasteiger partial charge is 0.465 e. The van der Waals surface area contributed by atoms with E-state index in [-0.39, 0.29) is 11.3 Å². The van der Waals surface area contributed by atoms with E-state index in [1.807, 2.05) is 6.07 Å². The topological polar surface area (TPSA) is 70.4 Å². The van der Waals surface area contributed by atoms with Gasteiger partial charge in [-0.3, -0.25) is 4.79 Å². The maximum atomic E-state index is 14.4. The van der Waals surface area contributed by atoms with Gasteiger partial charge in [0.05, 0.1) is 30.0 Å². The van der Waals surface area contributed by atoms with Crippen molar-refractivity contribution >= 4 is 17.6 Å². The summed E-state index contributed by atoms with van der Waals surface area (Å²) in [5.41, 5.74) is 0.434. The second kappa shape index (κ2) is 6.71. The van der Waals surface area contributed by atoms with E-state index in [1.165, 1.54) is 49.5 Å². The summed E-state index contributed by atoms with van der Waals surface area (Å²) < 4.78 is 18.9. The number of carbonyl (C=O) groups excluding carboxylic acids is 2. The Morgan fingerprint density at radius 2 is 1.83 bits per heavy atom. The Hall–Kier alpha value is -3.20. The van der Waals surface area contributed by atoms with E-state index >= 15 is 0 Å². The van der Waals surface area contributed by atoms with Gasteiger partial charge in [0.25, 0.3) is 5.91 Å². The molecule has 2 aromatic rings. The van der Waals surface area contributed by atoms with Crippen LogP contribution in [0.4, 0.5) is 10.1 Å². The van der Waals surface area contributed by atoms with E-state index in [0.717, 1.165) is 12.0 Å². The molecule has 1 amide bonds. The van der Waals surface area contributed by atoms with Gasteiger partial charge in [0, 0.05) is 12.6 Å². The van der Waals surface area contributed by atoms with E-state index in [0.29, 0.717) is 11.1 Å². The number of hydrogen-bond acceptors (Lipinski definition) is 4. The minimum Gasteiger partial charge on any atom is -0.465 e. The van der Waals surface area contributed by atoms with Crippen LogP contribution in [-0.4, -0.2) is 26.0 Å². The highest BCUT2D eigenvalue weighted by Gasteiger charge is 2.21. The van der Waals surface area contributed by atoms with Crippen molar-refractivity contribution in [3.63, 3.8) is 0 Å². The molecule has 0 aliphatic carbocycles. The molecule has 0 aliphatic rings. The fourth-order valence-corrected chi connectivity index (χ4v) is 2.04. The lowest BCUT2D eigenvalue weighted by atomic mass is 10.1. The molecule has 0 unspecified atom stereocenters. The highest BCUT2D eigenvalue weighted by Crippen LogP contribution is 2.23. The molecule has 0 fully saturated rings. The molecular formula is C17H13FN2O3. The van der Waals surface area contributed by atoms with Crippen LogP contribution in [0.1, 0.15) is 26.3 Å². The molecular weight excluding hydrogens is 299 g/mol. The number of nitriles is 1. The molecule has 23 heavy (non-hydrogen) atoms. The first-order valence-corrected chi connectivity index (χ1v) is 6.64. The first-order chi connectivity index (χ1) is 11.0. The van der Waals surface area contributed by atoms with Gasteiger partial charge >= 0.3 is 5.97 Å². The predicted octanol–water partition coefficient (Wildman–Crippen LogP) is 2.76. The van der Waals surface area contributed by atoms with E-state index in [4.69, 9.17) is 5.26 Å². The summed E-state index contributed by atoms with van der Waals surface area (Å²) in [5.74, 6) is -2.11. The Morgan fingerprint density at radius 1 is 1.17 bits per heavy atom. The molecule has 0 saturated carbocycles. The van der Waals surface area contributed by atoms with Crippen LogP contribution in [0.3, 0.4) is 0 Å². The summed E-state index contributed by atoms with van der Waals surface area (Å²) in [7, 11) is 2.56. The second-order valence-electron chi connectivity index (χ2n) is 4.68. The number of ether oxygens (including phenoxy) is 1. The van der Waals surface area contributed by atoms with Gasteiger partial charge in [-0.2, -0.15) is 5.26 Å². The fourth-order valence-electron chi connectivity index (χ4n) is 2.04. The molecule has 0 N–H and O–H groups in total. The zero-order valence-corrected chi connectivity index (χ0v) is 12.5. The minimum absolute atomic E-state index is 0.0396. The van der Waals surface area contributed by atoms with Crippen molar-refractivity contribution in [1.29, 1.82) is 5.26 Å². The van der Waals surface area contributed by atoms with Gasteiger partial charge in [-0.05, 0) is 36.4 Å². The van der Waals surface area contributed by atoms with E-state index in [9.17, 15) is 14.0 Å². The average Bonchev–Trinajstić information content (AvgIpc) is 2.60. The number of rotatable bonds is 3. The van der Waals surface area contributed by atoms with Crippen molar-refractivity contribution in [3.8, 4) is 6.07 Å². The molecule has 2 rings (SSSR count). The van der Waals surface area contributed by atoms with Crippen molar-refractivity contribution in [2.75, 3.05) is 19.1 Å². The first kappa shape index (κ1) is 16.2. The lowest BCUT2D eigenvalue weighted by Crippen LogP contribution is -2.27. The minimum atomic E-state index is -0.830.